The SMILES string of the molecule is Cc1nn(CC(C)C)c2sc(C(=O)OCC(=O)Nc3ccc4c(c3)OCCCO4)cc12. The van der Waals surface area contributed by atoms with Crippen molar-refractivity contribution < 1.29 is 23.8 Å². The molecule has 0 saturated heterocycles. The van der Waals surface area contributed by atoms with Crippen LogP contribution in [0, 0.1) is 12.8 Å². The number of anilines is 1. The van der Waals surface area contributed by atoms with Crippen LogP contribution in [-0.4, -0.2) is 41.5 Å². The molecule has 2 aromatic heterocycles. The van der Waals surface area contributed by atoms with Crippen molar-refractivity contribution in [3.8, 4) is 11.5 Å². The lowest BCUT2D eigenvalue weighted by atomic mass is 10.2. The summed E-state index contributed by atoms with van der Waals surface area (Å²) >= 11 is 1.33. The maximum Gasteiger partial charge on any atom is 0.348 e. The smallest absolute Gasteiger partial charge is 0.348 e. The number of ether oxygens (including phenoxy) is 3. The van der Waals surface area contributed by atoms with Crippen LogP contribution >= 0.6 is 11.3 Å². The molecule has 31 heavy (non-hydrogen) atoms. The second-order valence-electron chi connectivity index (χ2n) is 7.83. The third-order valence-electron chi connectivity index (χ3n) is 4.71. The summed E-state index contributed by atoms with van der Waals surface area (Å²) in [6, 6.07) is 6.96. The molecule has 0 spiro atoms. The largest absolute Gasteiger partial charge is 0.490 e. The number of rotatable bonds is 6. The van der Waals surface area contributed by atoms with E-state index in [4.69, 9.17) is 14.2 Å². The van der Waals surface area contributed by atoms with Gasteiger partial charge < -0.3 is 19.5 Å². The van der Waals surface area contributed by atoms with Crippen LogP contribution in [0.4, 0.5) is 5.69 Å². The predicted molar refractivity (Wildman–Crippen MR) is 118 cm³/mol. The van der Waals surface area contributed by atoms with Crippen LogP contribution in [0.3, 0.4) is 0 Å². The number of aryl methyl sites for hydroxylation is 1. The molecule has 1 amide bonds. The zero-order valence-electron chi connectivity index (χ0n) is 17.8. The van der Waals surface area contributed by atoms with Crippen molar-refractivity contribution in [1.82, 2.24) is 9.78 Å². The molecular formula is C22H25N3O5S. The number of carbonyl (C=O) groups excluding carboxylic acids is 2. The minimum Gasteiger partial charge on any atom is -0.490 e. The van der Waals surface area contributed by atoms with Crippen molar-refractivity contribution in [1.29, 1.82) is 0 Å². The van der Waals surface area contributed by atoms with E-state index in [1.165, 1.54) is 11.3 Å². The fraction of sp³-hybridized carbons (Fsp3) is 0.409. The van der Waals surface area contributed by atoms with Crippen molar-refractivity contribution >= 4 is 39.1 Å². The molecular weight excluding hydrogens is 418 g/mol. The van der Waals surface area contributed by atoms with Crippen LogP contribution < -0.4 is 14.8 Å². The summed E-state index contributed by atoms with van der Waals surface area (Å²) in [5, 5.41) is 8.20. The number of fused-ring (bicyclic) bond motifs is 2. The minimum atomic E-state index is -0.523. The molecule has 4 rings (SSSR count). The van der Waals surface area contributed by atoms with E-state index >= 15 is 0 Å². The zero-order chi connectivity index (χ0) is 22.0. The zero-order valence-corrected chi connectivity index (χ0v) is 18.6. The van der Waals surface area contributed by atoms with Crippen LogP contribution in [0.25, 0.3) is 10.2 Å². The summed E-state index contributed by atoms with van der Waals surface area (Å²) < 4.78 is 18.4. The number of carbonyl (C=O) groups is 2. The second-order valence-corrected chi connectivity index (χ2v) is 8.86. The molecule has 1 N–H and O–H groups in total. The molecule has 164 valence electrons. The van der Waals surface area contributed by atoms with Crippen molar-refractivity contribution in [2.75, 3.05) is 25.1 Å². The summed E-state index contributed by atoms with van der Waals surface area (Å²) in [6.07, 6.45) is 0.805. The molecule has 8 nitrogen and oxygen atoms in total. The molecule has 0 radical (unpaired) electrons. The molecule has 9 heteroatoms. The highest BCUT2D eigenvalue weighted by atomic mass is 32.1. The standard InChI is InChI=1S/C22H25N3O5S/c1-13(2)11-25-21-16(14(3)24-25)10-19(31-21)22(27)30-12-20(26)23-15-5-6-17-18(9-15)29-8-4-7-28-17/h5-6,9-10,13H,4,7-8,11-12H2,1-3H3,(H,23,26). The molecule has 0 bridgehead atoms. The van der Waals surface area contributed by atoms with Gasteiger partial charge in [0.2, 0.25) is 0 Å². The van der Waals surface area contributed by atoms with Gasteiger partial charge in [-0.25, -0.2) is 4.79 Å². The van der Waals surface area contributed by atoms with Gasteiger partial charge in [-0.15, -0.1) is 11.3 Å². The highest BCUT2D eigenvalue weighted by molar-refractivity contribution is 7.20. The second kappa shape index (κ2) is 8.97. The van der Waals surface area contributed by atoms with Gasteiger partial charge in [0.05, 0.1) is 18.9 Å². The summed E-state index contributed by atoms with van der Waals surface area (Å²) in [6.45, 7) is 7.72. The fourth-order valence-electron chi connectivity index (χ4n) is 3.32. The Morgan fingerprint density at radius 2 is 2.00 bits per heavy atom. The van der Waals surface area contributed by atoms with Crippen LogP contribution in [0.2, 0.25) is 0 Å². The van der Waals surface area contributed by atoms with Crippen LogP contribution in [0.5, 0.6) is 11.5 Å². The fourth-order valence-corrected chi connectivity index (χ4v) is 4.39. The average molecular weight is 444 g/mol. The Kier molecular flexibility index (Phi) is 6.13. The van der Waals surface area contributed by atoms with E-state index in [0.29, 0.717) is 41.2 Å². The van der Waals surface area contributed by atoms with E-state index in [0.717, 1.165) is 28.9 Å². The van der Waals surface area contributed by atoms with Gasteiger partial charge in [-0.3, -0.25) is 9.48 Å². The monoisotopic (exact) mass is 443 g/mol. The van der Waals surface area contributed by atoms with Crippen molar-refractivity contribution in [2.24, 2.45) is 5.92 Å². The molecule has 0 aliphatic carbocycles. The number of nitrogens with zero attached hydrogens (tertiary/aromatic N) is 2. The van der Waals surface area contributed by atoms with E-state index in [1.54, 1.807) is 24.3 Å². The Labute approximate surface area is 184 Å². The maximum atomic E-state index is 12.5. The van der Waals surface area contributed by atoms with E-state index in [9.17, 15) is 9.59 Å². The first-order valence-corrected chi connectivity index (χ1v) is 11.1. The molecule has 0 saturated carbocycles. The van der Waals surface area contributed by atoms with E-state index in [1.807, 2.05) is 11.6 Å². The number of aromatic nitrogens is 2. The number of esters is 1. The normalized spacial score (nSPS) is 13.3. The van der Waals surface area contributed by atoms with Crippen LogP contribution in [0.1, 0.15) is 35.6 Å². The first kappa shape index (κ1) is 21.2. The van der Waals surface area contributed by atoms with Crippen LogP contribution in [-0.2, 0) is 16.1 Å². The number of thiophene rings is 1. The Bertz CT molecular complexity index is 1120. The molecule has 1 aliphatic rings. The molecule has 1 aliphatic heterocycles. The lowest BCUT2D eigenvalue weighted by Crippen LogP contribution is -2.20. The lowest BCUT2D eigenvalue weighted by molar-refractivity contribution is -0.119. The summed E-state index contributed by atoms with van der Waals surface area (Å²) in [7, 11) is 0. The Hall–Kier alpha value is -3.07. The Morgan fingerprint density at radius 3 is 2.77 bits per heavy atom. The van der Waals surface area contributed by atoms with E-state index < -0.39 is 11.9 Å². The molecule has 0 atom stereocenters. The highest BCUT2D eigenvalue weighted by Crippen LogP contribution is 2.32. The molecule has 0 unspecified atom stereocenters. The van der Waals surface area contributed by atoms with Gasteiger partial charge >= 0.3 is 5.97 Å². The molecule has 1 aromatic carbocycles. The average Bonchev–Trinajstić information content (AvgIpc) is 3.19. The first-order valence-electron chi connectivity index (χ1n) is 10.2. The quantitative estimate of drug-likeness (QED) is 0.579. The van der Waals surface area contributed by atoms with Gasteiger partial charge in [-0.2, -0.15) is 5.10 Å². The van der Waals surface area contributed by atoms with E-state index in [-0.39, 0.29) is 6.61 Å². The third-order valence-corrected chi connectivity index (χ3v) is 5.84. The van der Waals surface area contributed by atoms with Gasteiger partial charge in [0, 0.05) is 30.1 Å². The lowest BCUT2D eigenvalue weighted by Gasteiger charge is -2.10. The van der Waals surface area contributed by atoms with Crippen molar-refractivity contribution in [3.05, 3.63) is 34.8 Å². The summed E-state index contributed by atoms with van der Waals surface area (Å²) in [4.78, 5) is 26.1. The van der Waals surface area contributed by atoms with Crippen molar-refractivity contribution in [2.45, 2.75) is 33.7 Å². The van der Waals surface area contributed by atoms with Gasteiger partial charge in [-0.05, 0) is 31.0 Å². The maximum absolute atomic E-state index is 12.5. The van der Waals surface area contributed by atoms with Gasteiger partial charge in [0.25, 0.3) is 5.91 Å². The molecule has 3 aromatic rings. The number of nitrogens with one attached hydrogen (secondary N) is 1. The van der Waals surface area contributed by atoms with Crippen LogP contribution in [0.15, 0.2) is 24.3 Å². The van der Waals surface area contributed by atoms with Gasteiger partial charge in [0.15, 0.2) is 18.1 Å². The molecule has 0 fully saturated rings. The first-order chi connectivity index (χ1) is 14.9. The number of amides is 1. The number of hydrogen-bond donors (Lipinski definition) is 1. The summed E-state index contributed by atoms with van der Waals surface area (Å²) in [5.74, 6) is 0.728. The van der Waals surface area contributed by atoms with Crippen molar-refractivity contribution in [3.63, 3.8) is 0 Å². The van der Waals surface area contributed by atoms with E-state index in [2.05, 4.69) is 24.3 Å². The Balaban J connectivity index is 1.37. The Morgan fingerprint density at radius 1 is 1.23 bits per heavy atom. The topological polar surface area (TPSA) is 91.7 Å². The van der Waals surface area contributed by atoms with Gasteiger partial charge in [0.1, 0.15) is 9.71 Å². The minimum absolute atomic E-state index is 0.376. The predicted octanol–water partition coefficient (Wildman–Crippen LogP) is 4.02. The summed E-state index contributed by atoms with van der Waals surface area (Å²) in [5.41, 5.74) is 1.43. The van der Waals surface area contributed by atoms with Gasteiger partial charge in [-0.1, -0.05) is 13.8 Å². The molecule has 3 heterocycles. The third kappa shape index (κ3) is 4.82. The number of hydrogen-bond acceptors (Lipinski definition) is 7. The number of benzene rings is 1. The highest BCUT2D eigenvalue weighted by Gasteiger charge is 2.19.